The lowest BCUT2D eigenvalue weighted by Gasteiger charge is -2.40. The highest BCUT2D eigenvalue weighted by atomic mass is 19.1. The van der Waals surface area contributed by atoms with Gasteiger partial charge in [0.15, 0.2) is 12.5 Å². The molecule has 2 saturated heterocycles. The van der Waals surface area contributed by atoms with Crippen LogP contribution in [0.4, 0.5) is 4.39 Å². The molecule has 1 amide bonds. The predicted octanol–water partition coefficient (Wildman–Crippen LogP) is 3.44. The second-order valence-electron chi connectivity index (χ2n) is 10.5. The number of amides is 1. The Hall–Kier alpha value is -3.01. The van der Waals surface area contributed by atoms with Gasteiger partial charge in [0.05, 0.1) is 42.6 Å². The van der Waals surface area contributed by atoms with Crippen molar-refractivity contribution in [1.82, 2.24) is 4.90 Å². The van der Waals surface area contributed by atoms with Gasteiger partial charge in [0, 0.05) is 38.0 Å². The summed E-state index contributed by atoms with van der Waals surface area (Å²) >= 11 is 0. The highest BCUT2D eigenvalue weighted by molar-refractivity contribution is 5.99. The van der Waals surface area contributed by atoms with Crippen LogP contribution in [0.25, 0.3) is 0 Å². The summed E-state index contributed by atoms with van der Waals surface area (Å²) in [7, 11) is 0. The van der Waals surface area contributed by atoms with E-state index in [0.717, 1.165) is 30.6 Å². The predicted molar refractivity (Wildman–Crippen MR) is 134 cm³/mol. The van der Waals surface area contributed by atoms with E-state index in [0.29, 0.717) is 61.5 Å². The Bertz CT molecular complexity index is 1240. The zero-order valence-electron chi connectivity index (χ0n) is 21.2. The van der Waals surface area contributed by atoms with E-state index in [-0.39, 0.29) is 49.2 Å². The summed E-state index contributed by atoms with van der Waals surface area (Å²) in [5.41, 5.74) is 2.80. The van der Waals surface area contributed by atoms with Crippen molar-refractivity contribution in [3.63, 3.8) is 0 Å². The lowest BCUT2D eigenvalue weighted by molar-refractivity contribution is -0.0714. The van der Waals surface area contributed by atoms with E-state index in [4.69, 9.17) is 18.9 Å². The number of ether oxygens (including phenoxy) is 4. The number of aliphatic hydroxyl groups is 1. The van der Waals surface area contributed by atoms with Gasteiger partial charge in [0.1, 0.15) is 17.3 Å². The number of ketones is 1. The Labute approximate surface area is 220 Å². The van der Waals surface area contributed by atoms with Crippen molar-refractivity contribution < 1.29 is 38.0 Å². The molecule has 9 heteroatoms. The van der Waals surface area contributed by atoms with Crippen molar-refractivity contribution in [1.29, 1.82) is 0 Å². The van der Waals surface area contributed by atoms with E-state index < -0.39 is 11.9 Å². The molecule has 2 aromatic carbocycles. The molecule has 3 atom stereocenters. The second-order valence-corrected chi connectivity index (χ2v) is 10.5. The van der Waals surface area contributed by atoms with Crippen molar-refractivity contribution in [3.8, 4) is 11.5 Å². The lowest BCUT2D eigenvalue weighted by Crippen LogP contribution is -2.54. The molecule has 2 aromatic rings. The topological polar surface area (TPSA) is 94.5 Å². The first-order valence-corrected chi connectivity index (χ1v) is 13.4. The standard InChI is InChI=1S/C29H32FNO7/c30-23-13-17(3-5-20(23)25(32)6-4-19-2-1-9-36-19)12-18-14-22-28(21-7-11-37-27(18)21)38-16-31(29(22)34)24-8-10-35-15-26(24)33/h3,5,13-14,19,24,26,33H,1-2,4,6-12,15-16H2/t19-,24-,26-/m0/s1. The third-order valence-corrected chi connectivity index (χ3v) is 7.98. The van der Waals surface area contributed by atoms with E-state index in [1.54, 1.807) is 23.1 Å². The van der Waals surface area contributed by atoms with Gasteiger partial charge in [0.2, 0.25) is 0 Å². The van der Waals surface area contributed by atoms with Crippen LogP contribution in [0.5, 0.6) is 11.5 Å². The normalized spacial score (nSPS) is 24.5. The van der Waals surface area contributed by atoms with Gasteiger partial charge in [-0.3, -0.25) is 14.5 Å². The molecule has 2 fully saturated rings. The van der Waals surface area contributed by atoms with E-state index >= 15 is 4.39 Å². The van der Waals surface area contributed by atoms with Gasteiger partial charge in [0.25, 0.3) is 5.91 Å². The van der Waals surface area contributed by atoms with Gasteiger partial charge in [-0.2, -0.15) is 0 Å². The Morgan fingerprint density at radius 3 is 2.79 bits per heavy atom. The van der Waals surface area contributed by atoms with E-state index in [2.05, 4.69) is 0 Å². The van der Waals surface area contributed by atoms with Crippen molar-refractivity contribution in [3.05, 3.63) is 57.9 Å². The average molecular weight is 526 g/mol. The maximum atomic E-state index is 15.0. The molecule has 202 valence electrons. The second kappa shape index (κ2) is 10.6. The number of carbonyl (C=O) groups excluding carboxylic acids is 2. The van der Waals surface area contributed by atoms with Crippen LogP contribution < -0.4 is 9.47 Å². The Balaban J connectivity index is 1.23. The van der Waals surface area contributed by atoms with E-state index in [1.807, 2.05) is 0 Å². The van der Waals surface area contributed by atoms with Crippen molar-refractivity contribution in [2.24, 2.45) is 0 Å². The smallest absolute Gasteiger partial charge is 0.260 e. The molecule has 4 aliphatic rings. The molecule has 38 heavy (non-hydrogen) atoms. The first-order valence-electron chi connectivity index (χ1n) is 13.4. The van der Waals surface area contributed by atoms with E-state index in [9.17, 15) is 14.7 Å². The molecule has 0 spiro atoms. The van der Waals surface area contributed by atoms with Crippen molar-refractivity contribution in [2.75, 3.05) is 33.2 Å². The quantitative estimate of drug-likeness (QED) is 0.554. The SMILES string of the molecule is O=C(CC[C@@H]1CCCO1)c1ccc(Cc2cc3c(c4c2OCC4)OCN([C@H]2CCOC[C@@H]2O)C3=O)cc1F. The molecule has 0 saturated carbocycles. The maximum Gasteiger partial charge on any atom is 0.260 e. The van der Waals surface area contributed by atoms with Gasteiger partial charge >= 0.3 is 0 Å². The monoisotopic (exact) mass is 525 g/mol. The summed E-state index contributed by atoms with van der Waals surface area (Å²) in [6.07, 6.45) is 3.62. The zero-order valence-corrected chi connectivity index (χ0v) is 21.2. The Morgan fingerprint density at radius 2 is 2.00 bits per heavy atom. The first-order chi connectivity index (χ1) is 18.5. The molecular formula is C29H32FNO7. The number of Topliss-reactive ketones (excluding diaryl/α,β-unsaturated/α-hetero) is 1. The number of aliphatic hydroxyl groups excluding tert-OH is 1. The molecule has 8 nitrogen and oxygen atoms in total. The van der Waals surface area contributed by atoms with Crippen LogP contribution in [0.1, 0.15) is 69.5 Å². The van der Waals surface area contributed by atoms with Gasteiger partial charge in [-0.1, -0.05) is 6.07 Å². The minimum Gasteiger partial charge on any atom is -0.493 e. The van der Waals surface area contributed by atoms with Crippen LogP contribution in [0.15, 0.2) is 24.3 Å². The summed E-state index contributed by atoms with van der Waals surface area (Å²) in [5, 5.41) is 10.4. The molecule has 4 aliphatic heterocycles. The summed E-state index contributed by atoms with van der Waals surface area (Å²) in [4.78, 5) is 27.7. The molecule has 0 unspecified atom stereocenters. The molecule has 0 bridgehead atoms. The number of carbonyl (C=O) groups is 2. The van der Waals surface area contributed by atoms with Gasteiger partial charge in [-0.25, -0.2) is 4.39 Å². The fraction of sp³-hybridized carbons (Fsp3) is 0.517. The highest BCUT2D eigenvalue weighted by Gasteiger charge is 2.39. The fourth-order valence-electron chi connectivity index (χ4n) is 5.96. The molecule has 4 heterocycles. The summed E-state index contributed by atoms with van der Waals surface area (Å²) in [6.45, 7) is 1.92. The number of hydrogen-bond acceptors (Lipinski definition) is 7. The van der Waals surface area contributed by atoms with Crippen LogP contribution in [0, 0.1) is 5.82 Å². The molecule has 6 rings (SSSR count). The minimum absolute atomic E-state index is 0.0624. The summed E-state index contributed by atoms with van der Waals surface area (Å²) < 4.78 is 37.9. The van der Waals surface area contributed by atoms with Crippen LogP contribution in [-0.4, -0.2) is 73.1 Å². The third-order valence-electron chi connectivity index (χ3n) is 7.98. The molecular weight excluding hydrogens is 493 g/mol. The number of hydrogen-bond donors (Lipinski definition) is 1. The largest absolute Gasteiger partial charge is 0.493 e. The van der Waals surface area contributed by atoms with Crippen molar-refractivity contribution in [2.45, 2.75) is 63.2 Å². The maximum absolute atomic E-state index is 15.0. The van der Waals surface area contributed by atoms with Crippen LogP contribution in [0.3, 0.4) is 0 Å². The van der Waals surface area contributed by atoms with Crippen LogP contribution in [0.2, 0.25) is 0 Å². The van der Waals surface area contributed by atoms with Crippen molar-refractivity contribution >= 4 is 11.7 Å². The minimum atomic E-state index is -0.773. The van der Waals surface area contributed by atoms with Gasteiger partial charge < -0.3 is 24.1 Å². The molecule has 0 aromatic heterocycles. The number of benzene rings is 2. The average Bonchev–Trinajstić information content (AvgIpc) is 3.62. The zero-order chi connectivity index (χ0) is 26.2. The number of nitrogens with zero attached hydrogens (tertiary/aromatic N) is 1. The van der Waals surface area contributed by atoms with Crippen LogP contribution >= 0.6 is 0 Å². The first kappa shape index (κ1) is 25.3. The lowest BCUT2D eigenvalue weighted by atomic mass is 9.94. The van der Waals surface area contributed by atoms with Gasteiger partial charge in [-0.05, 0) is 55.0 Å². The van der Waals surface area contributed by atoms with Crippen LogP contribution in [-0.2, 0) is 22.3 Å². The number of fused-ring (bicyclic) bond motifs is 3. The Morgan fingerprint density at radius 1 is 1.11 bits per heavy atom. The van der Waals surface area contributed by atoms with Gasteiger partial charge in [-0.15, -0.1) is 0 Å². The number of rotatable bonds is 7. The summed E-state index contributed by atoms with van der Waals surface area (Å²) in [6, 6.07) is 6.08. The third kappa shape index (κ3) is 4.79. The highest BCUT2D eigenvalue weighted by Crippen LogP contribution is 2.43. The van der Waals surface area contributed by atoms with E-state index in [1.165, 1.54) is 6.07 Å². The summed E-state index contributed by atoms with van der Waals surface area (Å²) in [5.74, 6) is 0.234. The molecule has 1 N–H and O–H groups in total. The fourth-order valence-corrected chi connectivity index (χ4v) is 5.96. The molecule has 0 aliphatic carbocycles. The number of halogens is 1. The Kier molecular flexibility index (Phi) is 7.07. The molecule has 0 radical (unpaired) electrons.